The van der Waals surface area contributed by atoms with Crippen molar-refractivity contribution in [3.63, 3.8) is 0 Å². The topological polar surface area (TPSA) is 150 Å². The van der Waals surface area contributed by atoms with Crippen LogP contribution in [0.1, 0.15) is 12.8 Å². The summed E-state index contributed by atoms with van der Waals surface area (Å²) in [6.07, 6.45) is -0.472. The molecule has 6 N–H and O–H groups in total. The average molecular weight is 248 g/mol. The van der Waals surface area contributed by atoms with Gasteiger partial charge in [0.1, 0.15) is 0 Å². The first-order chi connectivity index (χ1) is 6.23. The molecule has 2 atom stereocenters. The Morgan fingerprint density at radius 3 is 2.29 bits per heavy atom. The molecule has 10 heteroatoms. The van der Waals surface area contributed by atoms with Crippen molar-refractivity contribution in [2.45, 2.75) is 18.4 Å². The van der Waals surface area contributed by atoms with E-state index in [1.807, 2.05) is 0 Å². The zero-order chi connectivity index (χ0) is 11.4. The van der Waals surface area contributed by atoms with E-state index in [4.69, 9.17) is 20.4 Å². The van der Waals surface area contributed by atoms with E-state index in [-0.39, 0.29) is 13.0 Å². The van der Waals surface area contributed by atoms with Crippen LogP contribution in [-0.4, -0.2) is 31.9 Å². The van der Waals surface area contributed by atoms with Gasteiger partial charge in [0.2, 0.25) is 0 Å². The second-order valence-electron chi connectivity index (χ2n) is 2.51. The van der Waals surface area contributed by atoms with Gasteiger partial charge in [0.05, 0.1) is 0 Å². The van der Waals surface area contributed by atoms with Crippen molar-refractivity contribution in [2.24, 2.45) is 5.73 Å². The fraction of sp³-hybridized carbons (Fsp3) is 1.00. The van der Waals surface area contributed by atoms with E-state index >= 15 is 0 Å². The van der Waals surface area contributed by atoms with Gasteiger partial charge < -0.3 is 20.6 Å². The molecule has 0 aliphatic carbocycles. The Bertz CT molecular complexity index is 252. The molecule has 0 aromatic rings. The Morgan fingerprint density at radius 1 is 1.50 bits per heavy atom. The van der Waals surface area contributed by atoms with Crippen molar-refractivity contribution in [1.29, 1.82) is 0 Å². The third kappa shape index (κ3) is 4.08. The molecular weight excluding hydrogens is 236 g/mol. The molecule has 0 bridgehead atoms. The van der Waals surface area contributed by atoms with Gasteiger partial charge in [-0.15, -0.1) is 4.89 Å². The first-order valence-corrected chi connectivity index (χ1v) is 6.30. The fourth-order valence-electron chi connectivity index (χ4n) is 0.702. The third-order valence-electron chi connectivity index (χ3n) is 1.39. The molecule has 0 aliphatic rings. The van der Waals surface area contributed by atoms with Crippen LogP contribution < -0.4 is 5.73 Å². The van der Waals surface area contributed by atoms with Crippen molar-refractivity contribution in [1.82, 2.24) is 0 Å². The minimum Gasteiger partial charge on any atom is -0.353 e. The van der Waals surface area contributed by atoms with Gasteiger partial charge in [-0.2, -0.15) is 0 Å². The summed E-state index contributed by atoms with van der Waals surface area (Å²) in [7, 11) is -8.34. The fourth-order valence-corrected chi connectivity index (χ4v) is 2.13. The maximum absolute atomic E-state index is 10.7. The standard InChI is InChI=1S/C4H11NO7P2/c5-3-1-2-4(6,12-13(7)8)14(9,10)11/h6H,1-3,5H2,(H2-,7,8,9,10,11)/p+1. The van der Waals surface area contributed by atoms with Crippen LogP contribution in [0.5, 0.6) is 0 Å². The van der Waals surface area contributed by atoms with Crippen LogP contribution in [0.2, 0.25) is 0 Å². The molecule has 0 saturated heterocycles. The quantitative estimate of drug-likeness (QED) is 0.303. The first-order valence-electron chi connectivity index (χ1n) is 3.56. The van der Waals surface area contributed by atoms with E-state index in [2.05, 4.69) is 4.52 Å². The second-order valence-corrected chi connectivity index (χ2v) is 4.95. The molecule has 0 radical (unpaired) electrons. The van der Waals surface area contributed by atoms with Gasteiger partial charge in [0.25, 0.3) is 0 Å². The predicted molar refractivity (Wildman–Crippen MR) is 46.2 cm³/mol. The van der Waals surface area contributed by atoms with Crippen LogP contribution in [0.15, 0.2) is 0 Å². The molecule has 14 heavy (non-hydrogen) atoms. The summed E-state index contributed by atoms with van der Waals surface area (Å²) in [5, 5.41) is 9.26. The van der Waals surface area contributed by atoms with Crippen LogP contribution in [0.3, 0.4) is 0 Å². The van der Waals surface area contributed by atoms with E-state index in [1.165, 1.54) is 0 Å². The molecule has 0 spiro atoms. The van der Waals surface area contributed by atoms with Gasteiger partial charge in [-0.05, 0) is 13.0 Å². The number of hydrogen-bond donors (Lipinski definition) is 5. The molecule has 2 unspecified atom stereocenters. The zero-order valence-electron chi connectivity index (χ0n) is 7.11. The smallest absolute Gasteiger partial charge is 0.353 e. The first kappa shape index (κ1) is 14.1. The number of aliphatic hydroxyl groups is 1. The van der Waals surface area contributed by atoms with Gasteiger partial charge >= 0.3 is 21.4 Å². The molecule has 0 fully saturated rings. The van der Waals surface area contributed by atoms with Gasteiger partial charge in [0, 0.05) is 11.0 Å². The summed E-state index contributed by atoms with van der Waals surface area (Å²) >= 11 is 0. The van der Waals surface area contributed by atoms with E-state index in [0.29, 0.717) is 0 Å². The number of nitrogens with two attached hydrogens (primary N) is 1. The Morgan fingerprint density at radius 2 is 2.00 bits per heavy atom. The predicted octanol–water partition coefficient (Wildman–Crippen LogP) is -0.785. The summed E-state index contributed by atoms with van der Waals surface area (Å²) < 4.78 is 24.9. The van der Waals surface area contributed by atoms with E-state index in [0.717, 1.165) is 0 Å². The van der Waals surface area contributed by atoms with Crippen LogP contribution in [-0.2, 0) is 13.7 Å². The monoisotopic (exact) mass is 248 g/mol. The van der Waals surface area contributed by atoms with E-state index in [9.17, 15) is 14.2 Å². The van der Waals surface area contributed by atoms with Gasteiger partial charge in [-0.25, -0.2) is 0 Å². The van der Waals surface area contributed by atoms with Crippen LogP contribution in [0.25, 0.3) is 0 Å². The molecule has 84 valence electrons. The highest BCUT2D eigenvalue weighted by Gasteiger charge is 2.53. The summed E-state index contributed by atoms with van der Waals surface area (Å²) in [5.74, 6) is 0. The molecule has 0 aromatic carbocycles. The molecule has 8 nitrogen and oxygen atoms in total. The molecule has 0 rings (SSSR count). The lowest BCUT2D eigenvalue weighted by atomic mass is 10.3. The van der Waals surface area contributed by atoms with Gasteiger partial charge in [-0.3, -0.25) is 4.57 Å². The zero-order valence-corrected chi connectivity index (χ0v) is 8.90. The maximum Gasteiger partial charge on any atom is 0.698 e. The highest BCUT2D eigenvalue weighted by molar-refractivity contribution is 7.53. The molecule has 0 aliphatic heterocycles. The minimum atomic E-state index is -5.04. The molecule has 0 amide bonds. The van der Waals surface area contributed by atoms with Crippen LogP contribution >= 0.6 is 15.9 Å². The molecule has 0 aromatic heterocycles. The number of rotatable bonds is 6. The normalized spacial score (nSPS) is 17.6. The molecule has 0 saturated carbocycles. The third-order valence-corrected chi connectivity index (χ3v) is 3.21. The molecule has 0 heterocycles. The highest BCUT2D eigenvalue weighted by atomic mass is 31.2. The lowest BCUT2D eigenvalue weighted by molar-refractivity contribution is -0.0879. The lowest BCUT2D eigenvalue weighted by Crippen LogP contribution is -2.30. The van der Waals surface area contributed by atoms with Crippen LogP contribution in [0, 0.1) is 0 Å². The second kappa shape index (κ2) is 5.25. The minimum absolute atomic E-state index is 0.0464. The van der Waals surface area contributed by atoms with Gasteiger partial charge in [0.15, 0.2) is 0 Å². The van der Waals surface area contributed by atoms with Crippen molar-refractivity contribution in [2.75, 3.05) is 6.54 Å². The lowest BCUT2D eigenvalue weighted by Gasteiger charge is -2.21. The average Bonchev–Trinajstić information content (AvgIpc) is 1.97. The SMILES string of the molecule is NCCCC(O)(O[P+](=O)O)P(=O)(O)O. The highest BCUT2D eigenvalue weighted by Crippen LogP contribution is 2.54. The van der Waals surface area contributed by atoms with Crippen molar-refractivity contribution >= 4 is 15.9 Å². The van der Waals surface area contributed by atoms with Crippen molar-refractivity contribution < 1.29 is 33.4 Å². The van der Waals surface area contributed by atoms with Gasteiger partial charge in [-0.1, -0.05) is 4.52 Å². The number of hydrogen-bond acceptors (Lipinski definition) is 5. The summed E-state index contributed by atoms with van der Waals surface area (Å²) in [5.41, 5.74) is 2.12. The summed E-state index contributed by atoms with van der Waals surface area (Å²) in [4.78, 5) is 25.6. The van der Waals surface area contributed by atoms with Crippen LogP contribution in [0.4, 0.5) is 0 Å². The summed E-state index contributed by atoms with van der Waals surface area (Å²) in [6, 6.07) is 0. The van der Waals surface area contributed by atoms with Crippen molar-refractivity contribution in [3.05, 3.63) is 0 Å². The van der Waals surface area contributed by atoms with E-state index in [1.54, 1.807) is 0 Å². The summed E-state index contributed by atoms with van der Waals surface area (Å²) in [6.45, 7) is 0.0634. The largest absolute Gasteiger partial charge is 0.698 e. The molecular formula is C4H12NO7P2+. The Kier molecular flexibility index (Phi) is 5.28. The van der Waals surface area contributed by atoms with Crippen molar-refractivity contribution in [3.8, 4) is 0 Å². The Balaban J connectivity index is 4.67. The Hall–Kier alpha value is 0.0900. The van der Waals surface area contributed by atoms with E-state index < -0.39 is 27.8 Å². The Labute approximate surface area is 80.8 Å². The maximum atomic E-state index is 10.7.